The summed E-state index contributed by atoms with van der Waals surface area (Å²) < 4.78 is 5.40. The minimum absolute atomic E-state index is 0.231. The maximum absolute atomic E-state index is 5.40. The molecule has 0 spiro atoms. The molecule has 2 heterocycles. The van der Waals surface area contributed by atoms with Crippen molar-refractivity contribution < 1.29 is 4.74 Å². The number of nitrogens with zero attached hydrogens (tertiary/aromatic N) is 2. The van der Waals surface area contributed by atoms with Crippen LogP contribution in [0.15, 0.2) is 35.8 Å². The summed E-state index contributed by atoms with van der Waals surface area (Å²) in [5.41, 5.74) is 2.39. The summed E-state index contributed by atoms with van der Waals surface area (Å²) in [5.74, 6) is 0. The van der Waals surface area contributed by atoms with Crippen molar-refractivity contribution in [2.45, 2.75) is 13.0 Å². The van der Waals surface area contributed by atoms with E-state index in [1.165, 1.54) is 5.69 Å². The zero-order valence-corrected chi connectivity index (χ0v) is 12.4. The van der Waals surface area contributed by atoms with Crippen LogP contribution in [-0.2, 0) is 4.74 Å². The predicted molar refractivity (Wildman–Crippen MR) is 83.6 cm³/mol. The Hall–Kier alpha value is -1.59. The number of nitrogens with one attached hydrogen (secondary N) is 1. The summed E-state index contributed by atoms with van der Waals surface area (Å²) in [6.45, 7) is 5.69. The Morgan fingerprint density at radius 2 is 2.20 bits per heavy atom. The van der Waals surface area contributed by atoms with Gasteiger partial charge < -0.3 is 15.0 Å². The first-order valence-corrected chi connectivity index (χ1v) is 7.79. The van der Waals surface area contributed by atoms with E-state index >= 15 is 0 Å². The van der Waals surface area contributed by atoms with E-state index in [1.807, 2.05) is 11.6 Å². The highest BCUT2D eigenvalue weighted by molar-refractivity contribution is 7.09. The Morgan fingerprint density at radius 1 is 1.35 bits per heavy atom. The summed E-state index contributed by atoms with van der Waals surface area (Å²) in [6, 6.07) is 8.80. The highest BCUT2D eigenvalue weighted by atomic mass is 32.1. The standard InChI is InChI=1S/C15H19N3OS/c1-12(15-16-5-10-20-15)17-13-3-2-4-14(11-13)18-6-8-19-9-7-18/h2-5,10-12,17H,6-9H2,1H3/t12-/m1/s1. The molecule has 1 atom stereocenters. The highest BCUT2D eigenvalue weighted by Crippen LogP contribution is 2.25. The number of aromatic nitrogens is 1. The molecule has 0 unspecified atom stereocenters. The van der Waals surface area contributed by atoms with E-state index in [9.17, 15) is 0 Å². The molecule has 3 rings (SSSR count). The molecule has 0 saturated carbocycles. The molecule has 106 valence electrons. The summed E-state index contributed by atoms with van der Waals surface area (Å²) in [4.78, 5) is 6.72. The van der Waals surface area contributed by atoms with Gasteiger partial charge in [-0.25, -0.2) is 4.98 Å². The van der Waals surface area contributed by atoms with Crippen LogP contribution < -0.4 is 10.2 Å². The first-order valence-electron chi connectivity index (χ1n) is 6.91. The van der Waals surface area contributed by atoms with Crippen LogP contribution in [0.25, 0.3) is 0 Å². The van der Waals surface area contributed by atoms with Crippen LogP contribution in [-0.4, -0.2) is 31.3 Å². The molecule has 2 aromatic rings. The van der Waals surface area contributed by atoms with Gasteiger partial charge in [-0.2, -0.15) is 0 Å². The van der Waals surface area contributed by atoms with Crippen LogP contribution in [0.3, 0.4) is 0 Å². The van der Waals surface area contributed by atoms with E-state index in [0.717, 1.165) is 37.0 Å². The molecular formula is C15H19N3OS. The number of anilines is 2. The molecule has 5 heteroatoms. The van der Waals surface area contributed by atoms with E-state index in [0.29, 0.717) is 0 Å². The molecule has 1 saturated heterocycles. The van der Waals surface area contributed by atoms with Crippen molar-refractivity contribution in [1.29, 1.82) is 0 Å². The third kappa shape index (κ3) is 3.11. The van der Waals surface area contributed by atoms with Crippen molar-refractivity contribution in [3.05, 3.63) is 40.8 Å². The lowest BCUT2D eigenvalue weighted by Crippen LogP contribution is -2.36. The number of hydrogen-bond donors (Lipinski definition) is 1. The van der Waals surface area contributed by atoms with Crippen LogP contribution in [0.4, 0.5) is 11.4 Å². The molecule has 0 bridgehead atoms. The van der Waals surface area contributed by atoms with E-state index in [2.05, 4.69) is 46.4 Å². The van der Waals surface area contributed by atoms with Gasteiger partial charge in [-0.05, 0) is 25.1 Å². The fourth-order valence-corrected chi connectivity index (χ4v) is 3.02. The number of morpholine rings is 1. The summed E-state index contributed by atoms with van der Waals surface area (Å²) in [5, 5.41) is 6.64. The van der Waals surface area contributed by atoms with E-state index in [1.54, 1.807) is 11.3 Å². The number of rotatable bonds is 4. The third-order valence-electron chi connectivity index (χ3n) is 3.43. The number of thiazole rings is 1. The lowest BCUT2D eigenvalue weighted by Gasteiger charge is -2.29. The molecule has 20 heavy (non-hydrogen) atoms. The quantitative estimate of drug-likeness (QED) is 0.938. The molecule has 1 aromatic carbocycles. The van der Waals surface area contributed by atoms with Crippen LogP contribution in [0.5, 0.6) is 0 Å². The second-order valence-electron chi connectivity index (χ2n) is 4.89. The van der Waals surface area contributed by atoms with Gasteiger partial charge >= 0.3 is 0 Å². The largest absolute Gasteiger partial charge is 0.378 e. The molecule has 1 fully saturated rings. The van der Waals surface area contributed by atoms with Gasteiger partial charge in [0.15, 0.2) is 0 Å². The zero-order valence-electron chi connectivity index (χ0n) is 11.6. The Kier molecular flexibility index (Phi) is 4.18. The first kappa shape index (κ1) is 13.4. The first-order chi connectivity index (χ1) is 9.83. The predicted octanol–water partition coefficient (Wildman–Crippen LogP) is 3.15. The zero-order chi connectivity index (χ0) is 13.8. The Morgan fingerprint density at radius 3 is 2.95 bits per heavy atom. The van der Waals surface area contributed by atoms with Gasteiger partial charge in [0.2, 0.25) is 0 Å². The van der Waals surface area contributed by atoms with Crippen LogP contribution in [0.2, 0.25) is 0 Å². The highest BCUT2D eigenvalue weighted by Gasteiger charge is 2.12. The maximum atomic E-state index is 5.40. The topological polar surface area (TPSA) is 37.4 Å². The van der Waals surface area contributed by atoms with Crippen molar-refractivity contribution in [2.24, 2.45) is 0 Å². The van der Waals surface area contributed by atoms with Crippen molar-refractivity contribution in [2.75, 3.05) is 36.5 Å². The molecule has 1 N–H and O–H groups in total. The number of benzene rings is 1. The summed E-state index contributed by atoms with van der Waals surface area (Å²) in [7, 11) is 0. The molecule has 0 radical (unpaired) electrons. The van der Waals surface area contributed by atoms with Crippen molar-refractivity contribution >= 4 is 22.7 Å². The fourth-order valence-electron chi connectivity index (χ4n) is 2.37. The fraction of sp³-hybridized carbons (Fsp3) is 0.400. The second-order valence-corrected chi connectivity index (χ2v) is 5.81. The van der Waals surface area contributed by atoms with E-state index in [4.69, 9.17) is 4.74 Å². The molecular weight excluding hydrogens is 270 g/mol. The van der Waals surface area contributed by atoms with Gasteiger partial charge in [0.1, 0.15) is 5.01 Å². The minimum atomic E-state index is 0.231. The minimum Gasteiger partial charge on any atom is -0.378 e. The molecule has 1 aliphatic rings. The smallest absolute Gasteiger partial charge is 0.115 e. The van der Waals surface area contributed by atoms with Gasteiger partial charge in [-0.3, -0.25) is 0 Å². The molecule has 0 amide bonds. The normalized spacial score (nSPS) is 16.9. The van der Waals surface area contributed by atoms with Crippen LogP contribution in [0.1, 0.15) is 18.0 Å². The lowest BCUT2D eigenvalue weighted by molar-refractivity contribution is 0.122. The molecule has 1 aromatic heterocycles. The monoisotopic (exact) mass is 289 g/mol. The maximum Gasteiger partial charge on any atom is 0.115 e. The van der Waals surface area contributed by atoms with Crippen molar-refractivity contribution in [1.82, 2.24) is 4.98 Å². The summed E-state index contributed by atoms with van der Waals surface area (Å²) >= 11 is 1.68. The van der Waals surface area contributed by atoms with Crippen molar-refractivity contribution in [3.8, 4) is 0 Å². The number of hydrogen-bond acceptors (Lipinski definition) is 5. The van der Waals surface area contributed by atoms with E-state index in [-0.39, 0.29) is 6.04 Å². The summed E-state index contributed by atoms with van der Waals surface area (Å²) in [6.07, 6.45) is 1.85. The Bertz CT molecular complexity index is 538. The SMILES string of the molecule is C[C@@H](Nc1cccc(N2CCOCC2)c1)c1nccs1. The lowest BCUT2D eigenvalue weighted by atomic mass is 10.2. The van der Waals surface area contributed by atoms with Crippen LogP contribution in [0, 0.1) is 0 Å². The Balaban J connectivity index is 1.70. The van der Waals surface area contributed by atoms with Gasteiger partial charge in [0.05, 0.1) is 19.3 Å². The molecule has 4 nitrogen and oxygen atoms in total. The average Bonchev–Trinajstić information content (AvgIpc) is 3.03. The molecule has 1 aliphatic heterocycles. The van der Waals surface area contributed by atoms with Gasteiger partial charge in [-0.15, -0.1) is 11.3 Å². The van der Waals surface area contributed by atoms with Gasteiger partial charge in [0.25, 0.3) is 0 Å². The second kappa shape index (κ2) is 6.24. The molecule has 0 aliphatic carbocycles. The van der Waals surface area contributed by atoms with Gasteiger partial charge in [0, 0.05) is 36.0 Å². The van der Waals surface area contributed by atoms with Crippen LogP contribution >= 0.6 is 11.3 Å². The Labute approximate surface area is 123 Å². The number of ether oxygens (including phenoxy) is 1. The average molecular weight is 289 g/mol. The third-order valence-corrected chi connectivity index (χ3v) is 4.39. The van der Waals surface area contributed by atoms with Gasteiger partial charge in [-0.1, -0.05) is 6.07 Å². The van der Waals surface area contributed by atoms with Crippen molar-refractivity contribution in [3.63, 3.8) is 0 Å². The van der Waals surface area contributed by atoms with E-state index < -0.39 is 0 Å².